The summed E-state index contributed by atoms with van der Waals surface area (Å²) in [5.41, 5.74) is 0.923. The van der Waals surface area contributed by atoms with E-state index in [0.717, 1.165) is 11.4 Å². The number of ether oxygens (including phenoxy) is 4. The largest absolute Gasteiger partial charge is 0.493 e. The molecule has 2 aliphatic rings. The molecule has 1 aromatic heterocycles. The second kappa shape index (κ2) is 6.67. The second-order valence-corrected chi connectivity index (χ2v) is 6.19. The molecule has 1 N–H and O–H groups in total. The van der Waals surface area contributed by atoms with Crippen LogP contribution >= 0.6 is 0 Å². The van der Waals surface area contributed by atoms with Crippen LogP contribution in [-0.2, 0) is 9.47 Å². The Morgan fingerprint density at radius 2 is 2.08 bits per heavy atom. The van der Waals surface area contributed by atoms with E-state index in [4.69, 9.17) is 18.9 Å². The number of hydrogen-bond donors (Lipinski definition) is 1. The Morgan fingerprint density at radius 1 is 1.24 bits per heavy atom. The Labute approximate surface area is 146 Å². The minimum absolute atomic E-state index is 0.0165. The lowest BCUT2D eigenvalue weighted by Gasteiger charge is -2.20. The molecular weight excluding hydrogens is 324 g/mol. The molecule has 0 aliphatic carbocycles. The van der Waals surface area contributed by atoms with Crippen molar-refractivity contribution in [3.05, 3.63) is 30.6 Å². The van der Waals surface area contributed by atoms with E-state index in [2.05, 4.69) is 9.55 Å². The Bertz CT molecular complexity index is 747. The van der Waals surface area contributed by atoms with E-state index in [1.807, 2.05) is 31.3 Å². The predicted octanol–water partition coefficient (Wildman–Crippen LogP) is 1.66. The number of imidazole rings is 1. The molecule has 7 heteroatoms. The zero-order chi connectivity index (χ0) is 17.4. The van der Waals surface area contributed by atoms with Gasteiger partial charge in [0.05, 0.1) is 33.0 Å². The SMILES string of the molecule is CCOc1ccc(-c2nccn2[C@@H]2CO[C@H]3[C@@H]2OC[C@H]3O)cc1OC. The fraction of sp³-hybridized carbons (Fsp3) is 0.500. The maximum Gasteiger partial charge on any atom is 0.161 e. The highest BCUT2D eigenvalue weighted by atomic mass is 16.6. The second-order valence-electron chi connectivity index (χ2n) is 6.19. The van der Waals surface area contributed by atoms with Crippen LogP contribution < -0.4 is 9.47 Å². The number of aliphatic hydroxyl groups excluding tert-OH is 1. The van der Waals surface area contributed by atoms with Crippen LogP contribution in [0.3, 0.4) is 0 Å². The topological polar surface area (TPSA) is 75.0 Å². The summed E-state index contributed by atoms with van der Waals surface area (Å²) >= 11 is 0. The third-order valence-electron chi connectivity index (χ3n) is 4.75. The smallest absolute Gasteiger partial charge is 0.161 e. The van der Waals surface area contributed by atoms with Crippen LogP contribution in [0.4, 0.5) is 0 Å². The molecular formula is C18H22N2O5. The summed E-state index contributed by atoms with van der Waals surface area (Å²) in [6, 6.07) is 5.75. The Balaban J connectivity index is 1.66. The molecule has 0 radical (unpaired) electrons. The average molecular weight is 346 g/mol. The molecule has 25 heavy (non-hydrogen) atoms. The molecule has 7 nitrogen and oxygen atoms in total. The van der Waals surface area contributed by atoms with E-state index in [1.165, 1.54) is 0 Å². The first kappa shape index (κ1) is 16.4. The summed E-state index contributed by atoms with van der Waals surface area (Å²) in [6.07, 6.45) is 2.69. The van der Waals surface area contributed by atoms with Crippen LogP contribution in [0.25, 0.3) is 11.4 Å². The molecule has 3 heterocycles. The molecule has 134 valence electrons. The number of aliphatic hydroxyl groups is 1. The van der Waals surface area contributed by atoms with Crippen molar-refractivity contribution in [1.29, 1.82) is 0 Å². The van der Waals surface area contributed by atoms with E-state index < -0.39 is 6.10 Å². The van der Waals surface area contributed by atoms with Crippen LogP contribution in [0.5, 0.6) is 11.5 Å². The van der Waals surface area contributed by atoms with Gasteiger partial charge in [0.1, 0.15) is 24.1 Å². The summed E-state index contributed by atoms with van der Waals surface area (Å²) in [5, 5.41) is 9.95. The molecule has 0 unspecified atom stereocenters. The van der Waals surface area contributed by atoms with Gasteiger partial charge in [-0.3, -0.25) is 0 Å². The lowest BCUT2D eigenvalue weighted by molar-refractivity contribution is 0.0172. The van der Waals surface area contributed by atoms with Gasteiger partial charge < -0.3 is 28.6 Å². The third-order valence-corrected chi connectivity index (χ3v) is 4.75. The van der Waals surface area contributed by atoms with Gasteiger partial charge in [-0.2, -0.15) is 0 Å². The molecule has 1 aromatic carbocycles. The first-order chi connectivity index (χ1) is 12.2. The molecule has 2 fully saturated rings. The van der Waals surface area contributed by atoms with Gasteiger partial charge in [0, 0.05) is 18.0 Å². The highest BCUT2D eigenvalue weighted by Crippen LogP contribution is 2.38. The molecule has 0 saturated carbocycles. The number of benzene rings is 1. The summed E-state index contributed by atoms with van der Waals surface area (Å²) in [5.74, 6) is 2.18. The van der Waals surface area contributed by atoms with Crippen LogP contribution in [0.1, 0.15) is 13.0 Å². The van der Waals surface area contributed by atoms with Gasteiger partial charge in [-0.1, -0.05) is 0 Å². The maximum atomic E-state index is 9.95. The number of nitrogens with zero attached hydrogens (tertiary/aromatic N) is 2. The van der Waals surface area contributed by atoms with Gasteiger partial charge in [-0.05, 0) is 25.1 Å². The minimum Gasteiger partial charge on any atom is -0.493 e. The van der Waals surface area contributed by atoms with Crippen molar-refractivity contribution in [3.8, 4) is 22.9 Å². The molecule has 0 spiro atoms. The lowest BCUT2D eigenvalue weighted by atomic mass is 10.1. The average Bonchev–Trinajstić information content (AvgIpc) is 3.33. The van der Waals surface area contributed by atoms with Crippen LogP contribution in [0, 0.1) is 0 Å². The monoisotopic (exact) mass is 346 g/mol. The summed E-state index contributed by atoms with van der Waals surface area (Å²) in [6.45, 7) is 3.32. The highest BCUT2D eigenvalue weighted by molar-refractivity contribution is 5.61. The Hall–Kier alpha value is -2.09. The van der Waals surface area contributed by atoms with Gasteiger partial charge in [-0.25, -0.2) is 4.98 Å². The van der Waals surface area contributed by atoms with Gasteiger partial charge in [0.15, 0.2) is 11.5 Å². The highest BCUT2D eigenvalue weighted by Gasteiger charge is 2.48. The molecule has 2 aliphatic heterocycles. The van der Waals surface area contributed by atoms with Crippen molar-refractivity contribution >= 4 is 0 Å². The fourth-order valence-corrected chi connectivity index (χ4v) is 3.58. The van der Waals surface area contributed by atoms with Gasteiger partial charge in [0.2, 0.25) is 0 Å². The molecule has 0 amide bonds. The molecule has 2 aromatic rings. The molecule has 0 bridgehead atoms. The van der Waals surface area contributed by atoms with E-state index in [9.17, 15) is 5.11 Å². The van der Waals surface area contributed by atoms with Crippen molar-refractivity contribution in [2.24, 2.45) is 0 Å². The summed E-state index contributed by atoms with van der Waals surface area (Å²) < 4.78 is 24.6. The predicted molar refractivity (Wildman–Crippen MR) is 89.9 cm³/mol. The molecule has 2 saturated heterocycles. The van der Waals surface area contributed by atoms with Gasteiger partial charge in [0.25, 0.3) is 0 Å². The first-order valence-corrected chi connectivity index (χ1v) is 8.48. The molecule has 4 rings (SSSR count). The number of methoxy groups -OCH3 is 1. The fourth-order valence-electron chi connectivity index (χ4n) is 3.58. The number of aromatic nitrogens is 2. The van der Waals surface area contributed by atoms with Crippen molar-refractivity contribution in [3.63, 3.8) is 0 Å². The Kier molecular flexibility index (Phi) is 4.37. The minimum atomic E-state index is -0.562. The normalized spacial score (nSPS) is 28.1. The summed E-state index contributed by atoms with van der Waals surface area (Å²) in [4.78, 5) is 4.51. The first-order valence-electron chi connectivity index (χ1n) is 8.48. The van der Waals surface area contributed by atoms with Gasteiger partial charge >= 0.3 is 0 Å². The van der Waals surface area contributed by atoms with Crippen LogP contribution in [0.15, 0.2) is 30.6 Å². The zero-order valence-corrected chi connectivity index (χ0v) is 14.3. The van der Waals surface area contributed by atoms with E-state index in [-0.39, 0.29) is 18.2 Å². The number of hydrogen-bond acceptors (Lipinski definition) is 6. The maximum absolute atomic E-state index is 9.95. The Morgan fingerprint density at radius 3 is 2.88 bits per heavy atom. The van der Waals surface area contributed by atoms with E-state index >= 15 is 0 Å². The van der Waals surface area contributed by atoms with Crippen LogP contribution in [0.2, 0.25) is 0 Å². The van der Waals surface area contributed by atoms with Crippen molar-refractivity contribution in [2.75, 3.05) is 26.9 Å². The quantitative estimate of drug-likeness (QED) is 0.887. The lowest BCUT2D eigenvalue weighted by Crippen LogP contribution is -2.30. The van der Waals surface area contributed by atoms with Crippen molar-refractivity contribution in [2.45, 2.75) is 31.3 Å². The van der Waals surface area contributed by atoms with E-state index in [1.54, 1.807) is 13.3 Å². The number of rotatable bonds is 5. The van der Waals surface area contributed by atoms with Crippen molar-refractivity contribution < 1.29 is 24.1 Å². The third kappa shape index (κ3) is 2.78. The van der Waals surface area contributed by atoms with Gasteiger partial charge in [-0.15, -0.1) is 0 Å². The zero-order valence-electron chi connectivity index (χ0n) is 14.3. The molecule has 4 atom stereocenters. The number of fused-ring (bicyclic) bond motifs is 1. The van der Waals surface area contributed by atoms with E-state index in [0.29, 0.717) is 31.3 Å². The summed E-state index contributed by atoms with van der Waals surface area (Å²) in [7, 11) is 1.62. The standard InChI is InChI=1S/C18H22N2O5/c1-3-23-14-5-4-11(8-15(14)22-2)18-19-6-7-20(18)12-9-24-17-13(21)10-25-16(12)17/h4-8,12-13,16-17,21H,3,9-10H2,1-2H3/t12-,13-,16-,17-/m1/s1. The van der Waals surface area contributed by atoms with Crippen molar-refractivity contribution in [1.82, 2.24) is 9.55 Å². The van der Waals surface area contributed by atoms with Crippen LogP contribution in [-0.4, -0.2) is 59.9 Å².